The number of rotatable bonds is 11. The quantitative estimate of drug-likeness (QED) is 0.0827. The number of benzene rings is 4. The topological polar surface area (TPSA) is 90.9 Å². The van der Waals surface area contributed by atoms with E-state index >= 15 is 0 Å². The Morgan fingerprint density at radius 3 is 1.80 bits per heavy atom. The molecular weight excluding hydrogens is 608 g/mol. The summed E-state index contributed by atoms with van der Waals surface area (Å²) in [5.74, 6) is 3.83. The summed E-state index contributed by atoms with van der Waals surface area (Å²) in [6.45, 7) is 6.22. The zero-order valence-electron chi connectivity index (χ0n) is 28.9. The van der Waals surface area contributed by atoms with Crippen LogP contribution in [0.25, 0.3) is 65.2 Å². The Hall–Kier alpha value is -5.50. The first-order valence-corrected chi connectivity index (χ1v) is 17.2. The lowest BCUT2D eigenvalue weighted by Crippen LogP contribution is -2.32. The standard InChI is InChI=1S/C41H42N6O2/c1-24-28-14-18-43-40(34(28)22-32-30-20-26(48-4)10-12-36(30)45-38(24)32)42-16-8-6-7-9-17-44-41-35-23-33-31-21-27(49-5)11-13-37(31)46-39(33)25(2)29(35)15-19-47(41)3/h10-15,18-23H,6-9,16-17H2,1-5H3,(H3,42,43,44,45,46)/p+1. The van der Waals surface area contributed by atoms with Crippen LogP contribution >= 0.6 is 0 Å². The van der Waals surface area contributed by atoms with Crippen LogP contribution in [-0.4, -0.2) is 42.3 Å². The highest BCUT2D eigenvalue weighted by molar-refractivity contribution is 6.16. The number of H-pyrrole nitrogens is 2. The maximum Gasteiger partial charge on any atom is 0.282 e. The van der Waals surface area contributed by atoms with Gasteiger partial charge in [0, 0.05) is 50.7 Å². The smallest absolute Gasteiger partial charge is 0.282 e. The van der Waals surface area contributed by atoms with Crippen molar-refractivity contribution >= 4 is 76.8 Å². The van der Waals surface area contributed by atoms with Gasteiger partial charge in [-0.25, -0.2) is 9.55 Å². The molecule has 0 aliphatic heterocycles. The number of aromatic nitrogens is 4. The first kappa shape index (κ1) is 30.8. The Morgan fingerprint density at radius 1 is 0.612 bits per heavy atom. The molecule has 8 nitrogen and oxygen atoms in total. The minimum atomic E-state index is 0.861. The van der Waals surface area contributed by atoms with E-state index in [1.165, 1.54) is 59.9 Å². The zero-order chi connectivity index (χ0) is 33.6. The molecule has 0 aliphatic rings. The van der Waals surface area contributed by atoms with Gasteiger partial charge in [0.05, 0.1) is 50.4 Å². The number of methoxy groups -OCH3 is 2. The van der Waals surface area contributed by atoms with Gasteiger partial charge < -0.3 is 24.8 Å². The third kappa shape index (κ3) is 5.32. The Balaban J connectivity index is 0.922. The lowest BCUT2D eigenvalue weighted by atomic mass is 10.0. The number of aryl methyl sites for hydroxylation is 3. The number of hydrogen-bond donors (Lipinski definition) is 4. The molecule has 0 aliphatic carbocycles. The Morgan fingerprint density at radius 2 is 1.18 bits per heavy atom. The number of nitrogens with one attached hydrogen (secondary N) is 4. The molecule has 4 aromatic carbocycles. The molecule has 4 aromatic heterocycles. The largest absolute Gasteiger partial charge is 0.497 e. The first-order chi connectivity index (χ1) is 23.9. The van der Waals surface area contributed by atoms with Crippen molar-refractivity contribution < 1.29 is 14.0 Å². The van der Waals surface area contributed by atoms with E-state index in [4.69, 9.17) is 14.5 Å². The fourth-order valence-electron chi connectivity index (χ4n) is 7.55. The Bertz CT molecular complexity index is 2530. The summed E-state index contributed by atoms with van der Waals surface area (Å²) in [4.78, 5) is 12.0. The van der Waals surface area contributed by atoms with Gasteiger partial charge in [-0.1, -0.05) is 6.42 Å². The molecule has 0 amide bonds. The molecule has 8 rings (SSSR count). The highest BCUT2D eigenvalue weighted by Crippen LogP contribution is 2.37. The molecule has 4 heterocycles. The summed E-state index contributed by atoms with van der Waals surface area (Å²) >= 11 is 0. The summed E-state index contributed by atoms with van der Waals surface area (Å²) in [6.07, 6.45) is 8.58. The molecule has 0 bridgehead atoms. The lowest BCUT2D eigenvalue weighted by molar-refractivity contribution is -0.656. The highest BCUT2D eigenvalue weighted by Gasteiger charge is 2.18. The number of pyridine rings is 2. The van der Waals surface area contributed by atoms with Gasteiger partial charge >= 0.3 is 0 Å². The summed E-state index contributed by atoms with van der Waals surface area (Å²) in [7, 11) is 5.55. The molecule has 0 saturated heterocycles. The third-order valence-electron chi connectivity index (χ3n) is 10.3. The maximum absolute atomic E-state index is 5.53. The van der Waals surface area contributed by atoms with Crippen LogP contribution in [-0.2, 0) is 7.05 Å². The number of nitrogens with zero attached hydrogens (tertiary/aromatic N) is 2. The van der Waals surface area contributed by atoms with Crippen molar-refractivity contribution in [1.82, 2.24) is 15.0 Å². The van der Waals surface area contributed by atoms with E-state index in [1.54, 1.807) is 14.2 Å². The number of aromatic amines is 2. The lowest BCUT2D eigenvalue weighted by Gasteiger charge is -2.11. The minimum absolute atomic E-state index is 0.861. The molecule has 8 heteroatoms. The van der Waals surface area contributed by atoms with Gasteiger partial charge in [0.2, 0.25) is 0 Å². The van der Waals surface area contributed by atoms with E-state index in [0.717, 1.165) is 78.3 Å². The van der Waals surface area contributed by atoms with E-state index in [-0.39, 0.29) is 0 Å². The van der Waals surface area contributed by atoms with Gasteiger partial charge in [0.25, 0.3) is 5.82 Å². The second kappa shape index (κ2) is 12.5. The van der Waals surface area contributed by atoms with Crippen LogP contribution in [0.15, 0.2) is 73.1 Å². The molecule has 8 aromatic rings. The van der Waals surface area contributed by atoms with Crippen molar-refractivity contribution in [3.63, 3.8) is 0 Å². The molecule has 49 heavy (non-hydrogen) atoms. The summed E-state index contributed by atoms with van der Waals surface area (Å²) < 4.78 is 13.2. The predicted molar refractivity (Wildman–Crippen MR) is 204 cm³/mol. The minimum Gasteiger partial charge on any atom is -0.497 e. The van der Waals surface area contributed by atoms with E-state index in [2.05, 4.69) is 101 Å². The van der Waals surface area contributed by atoms with Crippen LogP contribution in [0.3, 0.4) is 0 Å². The van der Waals surface area contributed by atoms with E-state index in [1.807, 2.05) is 18.3 Å². The van der Waals surface area contributed by atoms with Crippen molar-refractivity contribution in [3.8, 4) is 11.5 Å². The van der Waals surface area contributed by atoms with Crippen LogP contribution in [0.5, 0.6) is 11.5 Å². The van der Waals surface area contributed by atoms with Crippen molar-refractivity contribution in [2.24, 2.45) is 7.05 Å². The molecule has 4 N–H and O–H groups in total. The summed E-state index contributed by atoms with van der Waals surface area (Å²) in [5, 5.41) is 17.1. The van der Waals surface area contributed by atoms with Crippen molar-refractivity contribution in [2.45, 2.75) is 39.5 Å². The maximum atomic E-state index is 5.53. The molecular formula is C41H43N6O2+. The second-order valence-electron chi connectivity index (χ2n) is 13.2. The van der Waals surface area contributed by atoms with E-state index in [9.17, 15) is 0 Å². The number of fused-ring (bicyclic) bond motifs is 8. The van der Waals surface area contributed by atoms with Crippen molar-refractivity contribution in [2.75, 3.05) is 37.9 Å². The molecule has 0 spiro atoms. The Kier molecular flexibility index (Phi) is 7.86. The van der Waals surface area contributed by atoms with Crippen LogP contribution in [0.4, 0.5) is 11.6 Å². The van der Waals surface area contributed by atoms with Gasteiger partial charge in [0.15, 0.2) is 0 Å². The molecule has 0 unspecified atom stereocenters. The number of ether oxygens (including phenoxy) is 2. The molecule has 248 valence electrons. The summed E-state index contributed by atoms with van der Waals surface area (Å²) in [5.41, 5.74) is 7.09. The zero-order valence-corrected chi connectivity index (χ0v) is 28.9. The highest BCUT2D eigenvalue weighted by atomic mass is 16.5. The van der Waals surface area contributed by atoms with E-state index in [0.29, 0.717) is 0 Å². The van der Waals surface area contributed by atoms with Crippen molar-refractivity contribution in [1.29, 1.82) is 0 Å². The molecule has 0 fully saturated rings. The van der Waals surface area contributed by atoms with Crippen LogP contribution in [0.2, 0.25) is 0 Å². The average molecular weight is 652 g/mol. The third-order valence-corrected chi connectivity index (χ3v) is 10.3. The number of anilines is 2. The van der Waals surface area contributed by atoms with Crippen LogP contribution in [0, 0.1) is 13.8 Å². The summed E-state index contributed by atoms with van der Waals surface area (Å²) in [6, 6.07) is 21.4. The van der Waals surface area contributed by atoms with Gasteiger partial charge in [-0.05, 0) is 116 Å². The molecule has 0 radical (unpaired) electrons. The van der Waals surface area contributed by atoms with Gasteiger partial charge in [-0.3, -0.25) is 5.32 Å². The van der Waals surface area contributed by atoms with Gasteiger partial charge in [-0.2, -0.15) is 0 Å². The number of unbranched alkanes of at least 4 members (excludes halogenated alkanes) is 3. The predicted octanol–water partition coefficient (Wildman–Crippen LogP) is 9.20. The normalized spacial score (nSPS) is 11.9. The van der Waals surface area contributed by atoms with Crippen molar-refractivity contribution in [3.05, 3.63) is 84.2 Å². The fraction of sp³-hybridized carbons (Fsp3) is 0.268. The SMILES string of the molecule is COc1ccc2[nH]c3c(C)c4ccnc(NCCCCCCNc5c6cc7c([nH]c8ccc(OC)cc87)c(C)c6cc[n+]5C)c4cc3c2c1. The van der Waals surface area contributed by atoms with Gasteiger partial charge in [-0.15, -0.1) is 0 Å². The monoisotopic (exact) mass is 651 g/mol. The average Bonchev–Trinajstić information content (AvgIpc) is 3.68. The van der Waals surface area contributed by atoms with Crippen LogP contribution < -0.4 is 24.7 Å². The fourth-order valence-corrected chi connectivity index (χ4v) is 7.55. The van der Waals surface area contributed by atoms with E-state index < -0.39 is 0 Å². The molecule has 0 saturated carbocycles. The molecule has 0 atom stereocenters. The van der Waals surface area contributed by atoms with Crippen LogP contribution in [0.1, 0.15) is 36.8 Å². The van der Waals surface area contributed by atoms with Gasteiger partial charge in [0.1, 0.15) is 17.3 Å². The number of hydrogen-bond acceptors (Lipinski definition) is 5. The Labute approximate surface area is 285 Å². The second-order valence-corrected chi connectivity index (χ2v) is 13.2. The first-order valence-electron chi connectivity index (χ1n) is 17.2.